The van der Waals surface area contributed by atoms with Crippen LogP contribution in [-0.2, 0) is 4.74 Å². The van der Waals surface area contributed by atoms with Crippen molar-refractivity contribution in [3.8, 4) is 0 Å². The molecule has 0 aromatic heterocycles. The fourth-order valence-electron chi connectivity index (χ4n) is 3.63. The molecule has 0 bridgehead atoms. The monoisotopic (exact) mass is 274 g/mol. The average Bonchev–Trinajstić information content (AvgIpc) is 2.50. The fraction of sp³-hybridized carbons (Fsp3) is 0.647. The van der Waals surface area contributed by atoms with Crippen molar-refractivity contribution in [1.82, 2.24) is 10.2 Å². The van der Waals surface area contributed by atoms with Gasteiger partial charge < -0.3 is 10.1 Å². The van der Waals surface area contributed by atoms with Crippen LogP contribution in [0.1, 0.15) is 30.0 Å². The molecule has 2 aliphatic rings. The minimum atomic E-state index is 0.570. The number of benzene rings is 1. The zero-order valence-electron chi connectivity index (χ0n) is 12.5. The van der Waals surface area contributed by atoms with Crippen LogP contribution in [0.15, 0.2) is 24.3 Å². The molecule has 0 amide bonds. The molecule has 3 rings (SSSR count). The standard InChI is InChI=1S/C17H26N2O/c1-14-3-2-4-16(13-14)17(15-5-11-20-12-6-15)19-9-7-18-8-10-19/h2-4,13,15,17-18H,5-12H2,1H3/t17-/m0/s1. The number of hydrogen-bond acceptors (Lipinski definition) is 3. The molecule has 1 atom stereocenters. The number of nitrogens with one attached hydrogen (secondary N) is 1. The fourth-order valence-corrected chi connectivity index (χ4v) is 3.63. The van der Waals surface area contributed by atoms with Gasteiger partial charge in [-0.25, -0.2) is 0 Å². The second kappa shape index (κ2) is 6.70. The Bertz CT molecular complexity index is 405. The highest BCUT2D eigenvalue weighted by molar-refractivity contribution is 5.26. The molecule has 1 N–H and O–H groups in total. The lowest BCUT2D eigenvalue weighted by molar-refractivity contribution is 0.0213. The van der Waals surface area contributed by atoms with Crippen LogP contribution in [-0.4, -0.2) is 44.3 Å². The van der Waals surface area contributed by atoms with Crippen LogP contribution in [0.5, 0.6) is 0 Å². The van der Waals surface area contributed by atoms with Crippen LogP contribution >= 0.6 is 0 Å². The van der Waals surface area contributed by atoms with Crippen LogP contribution in [0.2, 0.25) is 0 Å². The van der Waals surface area contributed by atoms with E-state index in [0.29, 0.717) is 6.04 Å². The molecule has 2 aliphatic heterocycles. The molecule has 3 heteroatoms. The highest BCUT2D eigenvalue weighted by Gasteiger charge is 2.31. The SMILES string of the molecule is Cc1cccc([C@H](C2CCOCC2)N2CCNCC2)c1. The Balaban J connectivity index is 1.85. The summed E-state index contributed by atoms with van der Waals surface area (Å²) in [4.78, 5) is 2.68. The first-order valence-electron chi connectivity index (χ1n) is 7.93. The Morgan fingerprint density at radius 3 is 2.65 bits per heavy atom. The number of ether oxygens (including phenoxy) is 1. The Hall–Kier alpha value is -0.900. The van der Waals surface area contributed by atoms with Crippen molar-refractivity contribution < 1.29 is 4.74 Å². The summed E-state index contributed by atoms with van der Waals surface area (Å²) >= 11 is 0. The summed E-state index contributed by atoms with van der Waals surface area (Å²) in [6.07, 6.45) is 2.39. The van der Waals surface area contributed by atoms with Crippen molar-refractivity contribution in [3.05, 3.63) is 35.4 Å². The van der Waals surface area contributed by atoms with Gasteiger partial charge in [0, 0.05) is 45.4 Å². The van der Waals surface area contributed by atoms with Crippen molar-refractivity contribution in [2.75, 3.05) is 39.4 Å². The van der Waals surface area contributed by atoms with Crippen LogP contribution in [0.4, 0.5) is 0 Å². The van der Waals surface area contributed by atoms with E-state index < -0.39 is 0 Å². The van der Waals surface area contributed by atoms with Crippen molar-refractivity contribution in [3.63, 3.8) is 0 Å². The summed E-state index contributed by atoms with van der Waals surface area (Å²) in [5, 5.41) is 3.47. The summed E-state index contributed by atoms with van der Waals surface area (Å²) < 4.78 is 5.57. The minimum Gasteiger partial charge on any atom is -0.381 e. The van der Waals surface area contributed by atoms with E-state index in [4.69, 9.17) is 4.74 Å². The van der Waals surface area contributed by atoms with Gasteiger partial charge in [-0.2, -0.15) is 0 Å². The molecule has 2 fully saturated rings. The summed E-state index contributed by atoms with van der Waals surface area (Å²) in [5.74, 6) is 0.739. The molecule has 2 saturated heterocycles. The van der Waals surface area contributed by atoms with Crippen molar-refractivity contribution >= 4 is 0 Å². The molecule has 0 saturated carbocycles. The topological polar surface area (TPSA) is 24.5 Å². The van der Waals surface area contributed by atoms with E-state index in [1.165, 1.54) is 24.0 Å². The van der Waals surface area contributed by atoms with Gasteiger partial charge in [0.05, 0.1) is 0 Å². The number of piperazine rings is 1. The van der Waals surface area contributed by atoms with E-state index in [9.17, 15) is 0 Å². The Morgan fingerprint density at radius 2 is 1.95 bits per heavy atom. The van der Waals surface area contributed by atoms with Gasteiger partial charge in [-0.3, -0.25) is 4.90 Å². The van der Waals surface area contributed by atoms with E-state index in [2.05, 4.69) is 41.4 Å². The first-order valence-corrected chi connectivity index (χ1v) is 7.93. The normalized spacial score (nSPS) is 23.6. The van der Waals surface area contributed by atoms with Crippen molar-refractivity contribution in [2.24, 2.45) is 5.92 Å². The zero-order valence-corrected chi connectivity index (χ0v) is 12.5. The predicted molar refractivity (Wildman–Crippen MR) is 81.9 cm³/mol. The lowest BCUT2D eigenvalue weighted by Crippen LogP contribution is -2.47. The number of rotatable bonds is 3. The van der Waals surface area contributed by atoms with Gasteiger partial charge in [0.15, 0.2) is 0 Å². The van der Waals surface area contributed by atoms with Gasteiger partial charge >= 0.3 is 0 Å². The maximum absolute atomic E-state index is 5.57. The molecule has 20 heavy (non-hydrogen) atoms. The van der Waals surface area contributed by atoms with Crippen LogP contribution in [0, 0.1) is 12.8 Å². The molecule has 0 unspecified atom stereocenters. The summed E-state index contributed by atoms with van der Waals surface area (Å²) in [5.41, 5.74) is 2.87. The van der Waals surface area contributed by atoms with E-state index in [-0.39, 0.29) is 0 Å². The van der Waals surface area contributed by atoms with Crippen LogP contribution in [0.3, 0.4) is 0 Å². The smallest absolute Gasteiger partial charge is 0.0469 e. The van der Waals surface area contributed by atoms with Gasteiger partial charge in [0.1, 0.15) is 0 Å². The molecule has 1 aromatic rings. The molecule has 1 aromatic carbocycles. The third-order valence-electron chi connectivity index (χ3n) is 4.64. The molecule has 110 valence electrons. The summed E-state index contributed by atoms with van der Waals surface area (Å²) in [6, 6.07) is 9.67. The van der Waals surface area contributed by atoms with Crippen molar-refractivity contribution in [1.29, 1.82) is 0 Å². The van der Waals surface area contributed by atoms with Gasteiger partial charge in [-0.05, 0) is 31.2 Å². The number of nitrogens with zero attached hydrogens (tertiary/aromatic N) is 1. The van der Waals surface area contributed by atoms with E-state index in [1.807, 2.05) is 0 Å². The maximum atomic E-state index is 5.57. The first-order chi connectivity index (χ1) is 9.84. The van der Waals surface area contributed by atoms with E-state index in [1.54, 1.807) is 0 Å². The molecule has 0 radical (unpaired) electrons. The van der Waals surface area contributed by atoms with Gasteiger partial charge in [0.2, 0.25) is 0 Å². The lowest BCUT2D eigenvalue weighted by atomic mass is 9.85. The lowest BCUT2D eigenvalue weighted by Gasteiger charge is -2.41. The second-order valence-corrected chi connectivity index (χ2v) is 6.09. The molecular weight excluding hydrogens is 248 g/mol. The maximum Gasteiger partial charge on any atom is 0.0469 e. The number of hydrogen-bond donors (Lipinski definition) is 1. The Morgan fingerprint density at radius 1 is 1.20 bits per heavy atom. The van der Waals surface area contributed by atoms with E-state index >= 15 is 0 Å². The summed E-state index contributed by atoms with van der Waals surface area (Å²) in [6.45, 7) is 8.61. The molecular formula is C17H26N2O. The minimum absolute atomic E-state index is 0.570. The largest absolute Gasteiger partial charge is 0.381 e. The number of aryl methyl sites for hydroxylation is 1. The zero-order chi connectivity index (χ0) is 13.8. The van der Waals surface area contributed by atoms with Gasteiger partial charge in [-0.15, -0.1) is 0 Å². The third kappa shape index (κ3) is 3.22. The van der Waals surface area contributed by atoms with Crippen LogP contribution < -0.4 is 5.32 Å². The Labute approximate surface area is 122 Å². The van der Waals surface area contributed by atoms with Gasteiger partial charge in [0.25, 0.3) is 0 Å². The quantitative estimate of drug-likeness (QED) is 0.916. The predicted octanol–water partition coefficient (Wildman–Crippen LogP) is 2.37. The highest BCUT2D eigenvalue weighted by Crippen LogP contribution is 2.35. The second-order valence-electron chi connectivity index (χ2n) is 6.09. The molecule has 0 spiro atoms. The van der Waals surface area contributed by atoms with Crippen LogP contribution in [0.25, 0.3) is 0 Å². The highest BCUT2D eigenvalue weighted by atomic mass is 16.5. The average molecular weight is 274 g/mol. The molecule has 2 heterocycles. The first kappa shape index (κ1) is 14.1. The van der Waals surface area contributed by atoms with E-state index in [0.717, 1.165) is 45.3 Å². The Kier molecular flexibility index (Phi) is 4.71. The summed E-state index contributed by atoms with van der Waals surface area (Å²) in [7, 11) is 0. The third-order valence-corrected chi connectivity index (χ3v) is 4.64. The molecule has 3 nitrogen and oxygen atoms in total. The molecule has 0 aliphatic carbocycles. The van der Waals surface area contributed by atoms with Gasteiger partial charge in [-0.1, -0.05) is 29.8 Å². The van der Waals surface area contributed by atoms with Crippen molar-refractivity contribution in [2.45, 2.75) is 25.8 Å².